The molecule has 0 radical (unpaired) electrons. The van der Waals surface area contributed by atoms with Gasteiger partial charge in [-0.05, 0) is 42.0 Å². The maximum atomic E-state index is 11.6. The average Bonchev–Trinajstić information content (AvgIpc) is 3.18. The normalized spacial score (nSPS) is 13.5. The van der Waals surface area contributed by atoms with E-state index in [0.717, 1.165) is 5.56 Å². The lowest BCUT2D eigenvalue weighted by atomic mass is 10.1. The number of aromatic nitrogens is 1. The Morgan fingerprint density at radius 2 is 2.03 bits per heavy atom. The first-order chi connectivity index (χ1) is 15.1. The standard InChI is InChI=1S/C22H20N4O4S/c1-2-7-24-22-26(25-12-14-3-6-19-20(10-14)30-9-8-29-19)17(13-31-22)15-4-5-18(27)16(11-15)21(23)28/h2-6,10-13,27H,1,7-9H2,(H2,23,28)/b24-22?,25-12+. The van der Waals surface area contributed by atoms with Crippen LogP contribution < -0.4 is 20.0 Å². The van der Waals surface area contributed by atoms with Crippen LogP contribution >= 0.6 is 11.3 Å². The van der Waals surface area contributed by atoms with Crippen molar-refractivity contribution in [2.45, 2.75) is 0 Å². The molecular formula is C22H20N4O4S. The Labute approximate surface area is 182 Å². The molecule has 31 heavy (non-hydrogen) atoms. The van der Waals surface area contributed by atoms with Gasteiger partial charge in [-0.15, -0.1) is 17.9 Å². The van der Waals surface area contributed by atoms with E-state index >= 15 is 0 Å². The van der Waals surface area contributed by atoms with Crippen LogP contribution in [0.1, 0.15) is 15.9 Å². The van der Waals surface area contributed by atoms with E-state index in [1.807, 2.05) is 23.6 Å². The van der Waals surface area contributed by atoms with Gasteiger partial charge in [0.05, 0.1) is 24.0 Å². The maximum Gasteiger partial charge on any atom is 0.252 e. The summed E-state index contributed by atoms with van der Waals surface area (Å²) >= 11 is 1.40. The number of carbonyl (C=O) groups is 1. The highest BCUT2D eigenvalue weighted by molar-refractivity contribution is 7.07. The van der Waals surface area contributed by atoms with Gasteiger partial charge >= 0.3 is 0 Å². The van der Waals surface area contributed by atoms with Crippen LogP contribution in [0.4, 0.5) is 0 Å². The molecule has 0 aliphatic carbocycles. The van der Waals surface area contributed by atoms with Crippen LogP contribution in [0.5, 0.6) is 17.2 Å². The number of primary amides is 1. The number of nitrogens with two attached hydrogens (primary N) is 1. The molecule has 158 valence electrons. The van der Waals surface area contributed by atoms with Gasteiger partial charge in [0.25, 0.3) is 5.91 Å². The Bertz CT molecular complexity index is 1240. The monoisotopic (exact) mass is 436 g/mol. The first-order valence-electron chi connectivity index (χ1n) is 9.46. The number of aromatic hydroxyl groups is 1. The molecule has 0 spiro atoms. The topological polar surface area (TPSA) is 111 Å². The van der Waals surface area contributed by atoms with Crippen molar-refractivity contribution in [2.75, 3.05) is 19.8 Å². The van der Waals surface area contributed by atoms with Gasteiger partial charge in [-0.1, -0.05) is 6.08 Å². The zero-order valence-corrected chi connectivity index (χ0v) is 17.3. The Morgan fingerprint density at radius 3 is 2.81 bits per heavy atom. The molecule has 3 aromatic rings. The van der Waals surface area contributed by atoms with Gasteiger partial charge in [0.1, 0.15) is 19.0 Å². The lowest BCUT2D eigenvalue weighted by molar-refractivity contribution is 0.0998. The molecule has 2 heterocycles. The number of amides is 1. The van der Waals surface area contributed by atoms with Crippen molar-refractivity contribution in [1.82, 2.24) is 4.68 Å². The molecule has 0 bridgehead atoms. The highest BCUT2D eigenvalue weighted by Crippen LogP contribution is 2.30. The van der Waals surface area contributed by atoms with Gasteiger partial charge in [0.2, 0.25) is 4.80 Å². The van der Waals surface area contributed by atoms with Crippen LogP contribution in [0, 0.1) is 0 Å². The van der Waals surface area contributed by atoms with E-state index in [-0.39, 0.29) is 11.3 Å². The number of ether oxygens (including phenoxy) is 2. The van der Waals surface area contributed by atoms with E-state index in [9.17, 15) is 9.90 Å². The lowest BCUT2D eigenvalue weighted by Gasteiger charge is -2.18. The minimum absolute atomic E-state index is 0.0376. The molecule has 0 saturated carbocycles. The number of thiazole rings is 1. The highest BCUT2D eigenvalue weighted by atomic mass is 32.1. The van der Waals surface area contributed by atoms with Crippen LogP contribution in [-0.4, -0.2) is 41.7 Å². The van der Waals surface area contributed by atoms with Crippen molar-refractivity contribution < 1.29 is 19.4 Å². The number of fused-ring (bicyclic) bond motifs is 1. The number of rotatable bonds is 6. The zero-order chi connectivity index (χ0) is 21.8. The predicted molar refractivity (Wildman–Crippen MR) is 119 cm³/mol. The van der Waals surface area contributed by atoms with Crippen molar-refractivity contribution in [3.8, 4) is 28.5 Å². The Kier molecular flexibility index (Phi) is 5.85. The maximum absolute atomic E-state index is 11.6. The number of hydrogen-bond donors (Lipinski definition) is 2. The lowest BCUT2D eigenvalue weighted by Crippen LogP contribution is -2.15. The van der Waals surface area contributed by atoms with E-state index in [4.69, 9.17) is 15.2 Å². The third kappa shape index (κ3) is 4.36. The molecular weight excluding hydrogens is 416 g/mol. The summed E-state index contributed by atoms with van der Waals surface area (Å²) in [5.41, 5.74) is 7.61. The molecule has 1 amide bonds. The summed E-state index contributed by atoms with van der Waals surface area (Å²) in [4.78, 5) is 16.8. The van der Waals surface area contributed by atoms with Gasteiger partial charge in [-0.3, -0.25) is 9.79 Å². The molecule has 1 aliphatic heterocycles. The molecule has 0 atom stereocenters. The summed E-state index contributed by atoms with van der Waals surface area (Å²) in [6.07, 6.45) is 3.39. The summed E-state index contributed by atoms with van der Waals surface area (Å²) in [7, 11) is 0. The molecule has 3 N–H and O–H groups in total. The number of nitrogens with zero attached hydrogens (tertiary/aromatic N) is 3. The SMILES string of the molecule is C=CCN=c1scc(-c2ccc(O)c(C(N)=O)c2)n1/N=C/c1ccc2c(c1)OCCO2. The molecule has 1 aromatic heterocycles. The Morgan fingerprint density at radius 1 is 1.23 bits per heavy atom. The second kappa shape index (κ2) is 8.88. The molecule has 1 aliphatic rings. The van der Waals surface area contributed by atoms with Crippen molar-refractivity contribution in [3.05, 3.63) is 70.4 Å². The summed E-state index contributed by atoms with van der Waals surface area (Å²) in [6, 6.07) is 10.2. The van der Waals surface area contributed by atoms with Crippen LogP contribution in [0.2, 0.25) is 0 Å². The van der Waals surface area contributed by atoms with Gasteiger partial charge in [-0.25, -0.2) is 4.68 Å². The van der Waals surface area contributed by atoms with Crippen LogP contribution in [-0.2, 0) is 0 Å². The smallest absolute Gasteiger partial charge is 0.252 e. The highest BCUT2D eigenvalue weighted by Gasteiger charge is 2.14. The minimum atomic E-state index is -0.711. The molecule has 0 unspecified atom stereocenters. The summed E-state index contributed by atoms with van der Waals surface area (Å²) < 4.78 is 12.9. The van der Waals surface area contributed by atoms with E-state index < -0.39 is 5.91 Å². The molecule has 0 saturated heterocycles. The summed E-state index contributed by atoms with van der Waals surface area (Å²) in [5.74, 6) is 0.496. The van der Waals surface area contributed by atoms with E-state index in [1.54, 1.807) is 23.0 Å². The number of benzene rings is 2. The first-order valence-corrected chi connectivity index (χ1v) is 10.3. The second-order valence-electron chi connectivity index (χ2n) is 6.59. The van der Waals surface area contributed by atoms with Crippen molar-refractivity contribution in [3.63, 3.8) is 0 Å². The van der Waals surface area contributed by atoms with E-state index in [2.05, 4.69) is 16.7 Å². The van der Waals surface area contributed by atoms with Crippen LogP contribution in [0.25, 0.3) is 11.3 Å². The number of hydrogen-bond acceptors (Lipinski definition) is 7. The fourth-order valence-corrected chi connectivity index (χ4v) is 3.86. The van der Waals surface area contributed by atoms with Gasteiger partial charge in [0, 0.05) is 10.9 Å². The number of carbonyl (C=O) groups excluding carboxylic acids is 1. The third-order valence-electron chi connectivity index (χ3n) is 4.49. The fourth-order valence-electron chi connectivity index (χ4n) is 3.02. The van der Waals surface area contributed by atoms with Crippen molar-refractivity contribution in [1.29, 1.82) is 0 Å². The predicted octanol–water partition coefficient (Wildman–Crippen LogP) is 2.76. The van der Waals surface area contributed by atoms with E-state index in [0.29, 0.717) is 47.3 Å². The van der Waals surface area contributed by atoms with Gasteiger partial charge < -0.3 is 20.3 Å². The Balaban J connectivity index is 1.77. The second-order valence-corrected chi connectivity index (χ2v) is 7.43. The van der Waals surface area contributed by atoms with Crippen molar-refractivity contribution >= 4 is 23.5 Å². The minimum Gasteiger partial charge on any atom is -0.507 e. The summed E-state index contributed by atoms with van der Waals surface area (Å²) in [5, 5.41) is 16.4. The average molecular weight is 436 g/mol. The van der Waals surface area contributed by atoms with Gasteiger partial charge in [-0.2, -0.15) is 5.10 Å². The summed E-state index contributed by atoms with van der Waals surface area (Å²) in [6.45, 7) is 5.17. The van der Waals surface area contributed by atoms with Crippen LogP contribution in [0.15, 0.2) is 64.5 Å². The molecule has 0 fully saturated rings. The molecule has 2 aromatic carbocycles. The zero-order valence-electron chi connectivity index (χ0n) is 16.5. The molecule has 4 rings (SSSR count). The molecule has 8 nitrogen and oxygen atoms in total. The quantitative estimate of drug-likeness (QED) is 0.457. The van der Waals surface area contributed by atoms with Gasteiger partial charge in [0.15, 0.2) is 11.5 Å². The van der Waals surface area contributed by atoms with Crippen molar-refractivity contribution in [2.24, 2.45) is 15.8 Å². The number of phenols is 1. The third-order valence-corrected chi connectivity index (χ3v) is 5.34. The molecule has 9 heteroatoms. The van der Waals surface area contributed by atoms with Crippen LogP contribution in [0.3, 0.4) is 0 Å². The Hall–Kier alpha value is -3.85. The first kappa shape index (κ1) is 20.4. The van der Waals surface area contributed by atoms with E-state index in [1.165, 1.54) is 23.5 Å². The fraction of sp³-hybridized carbons (Fsp3) is 0.136. The largest absolute Gasteiger partial charge is 0.507 e.